The van der Waals surface area contributed by atoms with E-state index in [4.69, 9.17) is 0 Å². The molecule has 0 bridgehead atoms. The third kappa shape index (κ3) is 4.14. The molecule has 3 aromatic rings. The van der Waals surface area contributed by atoms with Gasteiger partial charge in [-0.2, -0.15) is 0 Å². The largest absolute Gasteiger partial charge is 0.348 e. The maximum Gasteiger partial charge on any atom is 0.0925 e. The first-order valence-electron chi connectivity index (χ1n) is 8.88. The Morgan fingerprint density at radius 1 is 0.917 bits per heavy atom. The Labute approximate surface area is 145 Å². The quantitative estimate of drug-likeness (QED) is 0.616. The molecule has 0 aliphatic rings. The molecule has 1 N–H and O–H groups in total. The number of benzene rings is 2. The summed E-state index contributed by atoms with van der Waals surface area (Å²) in [5, 5.41) is 0. The van der Waals surface area contributed by atoms with Crippen LogP contribution in [-0.2, 0) is 19.3 Å². The molecule has 2 heteroatoms. The molecule has 0 saturated heterocycles. The molecule has 0 aliphatic heterocycles. The van der Waals surface area contributed by atoms with Crippen molar-refractivity contribution in [2.75, 3.05) is 0 Å². The first-order valence-corrected chi connectivity index (χ1v) is 8.88. The van der Waals surface area contributed by atoms with Gasteiger partial charge in [-0.3, -0.25) is 0 Å². The Morgan fingerprint density at radius 3 is 2.46 bits per heavy atom. The number of aryl methyl sites for hydroxylation is 2. The number of aromatic nitrogens is 2. The van der Waals surface area contributed by atoms with Gasteiger partial charge in [0, 0.05) is 5.69 Å². The van der Waals surface area contributed by atoms with Crippen LogP contribution in [0.15, 0.2) is 60.9 Å². The number of H-pyrrole nitrogens is 1. The summed E-state index contributed by atoms with van der Waals surface area (Å²) in [6.45, 7) is 4.50. The lowest BCUT2D eigenvalue weighted by Gasteiger charge is -2.10. The van der Waals surface area contributed by atoms with Crippen molar-refractivity contribution in [3.8, 4) is 11.1 Å². The van der Waals surface area contributed by atoms with E-state index >= 15 is 0 Å². The molecule has 1 aromatic heterocycles. The second kappa shape index (κ2) is 7.96. The summed E-state index contributed by atoms with van der Waals surface area (Å²) >= 11 is 0. The molecule has 0 radical (unpaired) electrons. The number of rotatable bonds is 7. The van der Waals surface area contributed by atoms with E-state index in [1.807, 2.05) is 6.33 Å². The van der Waals surface area contributed by atoms with Gasteiger partial charge < -0.3 is 4.98 Å². The molecular formula is C22H26N2. The highest BCUT2D eigenvalue weighted by Crippen LogP contribution is 2.25. The van der Waals surface area contributed by atoms with Crippen molar-refractivity contribution in [2.24, 2.45) is 5.92 Å². The van der Waals surface area contributed by atoms with Crippen molar-refractivity contribution in [3.63, 3.8) is 0 Å². The number of nitrogens with one attached hydrogen (secondary N) is 1. The maximum absolute atomic E-state index is 4.53. The number of nitrogens with zero attached hydrogens (tertiary/aromatic N) is 1. The van der Waals surface area contributed by atoms with Crippen molar-refractivity contribution < 1.29 is 0 Å². The van der Waals surface area contributed by atoms with Gasteiger partial charge in [-0.05, 0) is 48.3 Å². The number of imidazole rings is 1. The summed E-state index contributed by atoms with van der Waals surface area (Å²) in [7, 11) is 0. The molecule has 1 heterocycles. The van der Waals surface area contributed by atoms with E-state index in [1.54, 1.807) is 0 Å². The van der Waals surface area contributed by atoms with Gasteiger partial charge in [-0.1, -0.05) is 68.4 Å². The Balaban J connectivity index is 1.67. The molecule has 24 heavy (non-hydrogen) atoms. The minimum atomic E-state index is 0.656. The van der Waals surface area contributed by atoms with E-state index in [9.17, 15) is 0 Å². The van der Waals surface area contributed by atoms with Crippen molar-refractivity contribution in [1.82, 2.24) is 9.97 Å². The van der Waals surface area contributed by atoms with Gasteiger partial charge >= 0.3 is 0 Å². The van der Waals surface area contributed by atoms with Gasteiger partial charge in [0.2, 0.25) is 0 Å². The minimum Gasteiger partial charge on any atom is -0.348 e. The van der Waals surface area contributed by atoms with Crippen molar-refractivity contribution in [1.29, 1.82) is 0 Å². The molecule has 0 aliphatic carbocycles. The van der Waals surface area contributed by atoms with Crippen LogP contribution in [0.2, 0.25) is 0 Å². The monoisotopic (exact) mass is 318 g/mol. The van der Waals surface area contributed by atoms with Crippen LogP contribution in [0.5, 0.6) is 0 Å². The Kier molecular flexibility index (Phi) is 5.47. The second-order valence-electron chi connectivity index (χ2n) is 6.80. The van der Waals surface area contributed by atoms with Gasteiger partial charge in [0.1, 0.15) is 0 Å². The molecule has 3 rings (SSSR count). The van der Waals surface area contributed by atoms with E-state index in [0.717, 1.165) is 25.7 Å². The average molecular weight is 318 g/mol. The highest BCUT2D eigenvalue weighted by Gasteiger charge is 2.09. The van der Waals surface area contributed by atoms with Gasteiger partial charge in [0.15, 0.2) is 0 Å². The number of hydrogen-bond donors (Lipinski definition) is 1. The number of hydrogen-bond acceptors (Lipinski definition) is 1. The average Bonchev–Trinajstić information content (AvgIpc) is 3.02. The molecule has 2 aromatic carbocycles. The SMILES string of the molecule is CC(C)Cc1[nH]cnc1CCCc1ccccc1-c1ccccc1. The highest BCUT2D eigenvalue weighted by molar-refractivity contribution is 5.67. The van der Waals surface area contributed by atoms with Crippen molar-refractivity contribution >= 4 is 0 Å². The molecule has 0 atom stereocenters. The predicted molar refractivity (Wildman–Crippen MR) is 101 cm³/mol. The first kappa shape index (κ1) is 16.5. The Bertz CT molecular complexity index is 756. The van der Waals surface area contributed by atoms with Crippen LogP contribution >= 0.6 is 0 Å². The van der Waals surface area contributed by atoms with E-state index in [1.165, 1.54) is 28.1 Å². The number of aromatic amines is 1. The van der Waals surface area contributed by atoms with Crippen LogP contribution in [0.4, 0.5) is 0 Å². The van der Waals surface area contributed by atoms with E-state index in [-0.39, 0.29) is 0 Å². The summed E-state index contributed by atoms with van der Waals surface area (Å²) in [5.41, 5.74) is 6.61. The van der Waals surface area contributed by atoms with Crippen LogP contribution in [0, 0.1) is 5.92 Å². The molecule has 2 nitrogen and oxygen atoms in total. The lowest BCUT2D eigenvalue weighted by atomic mass is 9.95. The molecular weight excluding hydrogens is 292 g/mol. The van der Waals surface area contributed by atoms with Crippen LogP contribution in [0.25, 0.3) is 11.1 Å². The summed E-state index contributed by atoms with van der Waals surface area (Å²) in [4.78, 5) is 7.84. The van der Waals surface area contributed by atoms with E-state index < -0.39 is 0 Å². The summed E-state index contributed by atoms with van der Waals surface area (Å²) in [6, 6.07) is 19.4. The lowest BCUT2D eigenvalue weighted by Crippen LogP contribution is -2.00. The Hall–Kier alpha value is -2.35. The van der Waals surface area contributed by atoms with Crippen molar-refractivity contribution in [2.45, 2.75) is 39.5 Å². The van der Waals surface area contributed by atoms with E-state index in [0.29, 0.717) is 5.92 Å². The first-order chi connectivity index (χ1) is 11.7. The summed E-state index contributed by atoms with van der Waals surface area (Å²) in [5.74, 6) is 0.656. The molecule has 0 spiro atoms. The second-order valence-corrected chi connectivity index (χ2v) is 6.80. The summed E-state index contributed by atoms with van der Waals surface area (Å²) in [6.07, 6.45) is 6.16. The molecule has 0 unspecified atom stereocenters. The standard InChI is InChI=1S/C22H26N2/c1-17(2)15-22-21(23-16-24-22)14-8-12-19-11-6-7-13-20(19)18-9-4-3-5-10-18/h3-7,9-11,13,16-17H,8,12,14-15H2,1-2H3,(H,23,24). The van der Waals surface area contributed by atoms with Crippen molar-refractivity contribution in [3.05, 3.63) is 77.9 Å². The topological polar surface area (TPSA) is 28.7 Å². The fourth-order valence-corrected chi connectivity index (χ4v) is 3.23. The van der Waals surface area contributed by atoms with E-state index in [2.05, 4.69) is 78.4 Å². The maximum atomic E-state index is 4.53. The summed E-state index contributed by atoms with van der Waals surface area (Å²) < 4.78 is 0. The molecule has 124 valence electrons. The zero-order chi connectivity index (χ0) is 16.8. The third-order valence-corrected chi connectivity index (χ3v) is 4.38. The molecule has 0 saturated carbocycles. The van der Waals surface area contributed by atoms with Crippen LogP contribution < -0.4 is 0 Å². The van der Waals surface area contributed by atoms with Crippen LogP contribution in [0.1, 0.15) is 37.2 Å². The van der Waals surface area contributed by atoms with Crippen LogP contribution in [-0.4, -0.2) is 9.97 Å². The highest BCUT2D eigenvalue weighted by atomic mass is 14.9. The Morgan fingerprint density at radius 2 is 1.67 bits per heavy atom. The predicted octanol–water partition coefficient (Wildman–Crippen LogP) is 5.45. The molecule has 0 amide bonds. The zero-order valence-corrected chi connectivity index (χ0v) is 14.6. The lowest BCUT2D eigenvalue weighted by molar-refractivity contribution is 0.629. The van der Waals surface area contributed by atoms with Gasteiger partial charge in [-0.25, -0.2) is 4.98 Å². The van der Waals surface area contributed by atoms with Crippen LogP contribution in [0.3, 0.4) is 0 Å². The van der Waals surface area contributed by atoms with Gasteiger partial charge in [0.05, 0.1) is 12.0 Å². The normalized spacial score (nSPS) is 11.1. The fraction of sp³-hybridized carbons (Fsp3) is 0.318. The smallest absolute Gasteiger partial charge is 0.0925 e. The minimum absolute atomic E-state index is 0.656. The fourth-order valence-electron chi connectivity index (χ4n) is 3.23. The molecule has 0 fully saturated rings. The third-order valence-electron chi connectivity index (χ3n) is 4.38. The zero-order valence-electron chi connectivity index (χ0n) is 14.6. The van der Waals surface area contributed by atoms with Gasteiger partial charge in [0.25, 0.3) is 0 Å². The van der Waals surface area contributed by atoms with Gasteiger partial charge in [-0.15, -0.1) is 0 Å².